The standard InChI is InChI=1S/C26H29ClN6O2/c1-17-13-33(14-18(2)26(17,35)23-6-3-4-10-28-23)25(34)21-16-32(24-7-5-11-30-31-24)15-20(21)22-9-8-19(27)12-29-22/h3-12,17-18,20-21,35H,13-16H2,1-2H3/t17-,18+,20-,21-,26?/m1/s1. The molecule has 1 N–H and O–H groups in total. The Kier molecular flexibility index (Phi) is 6.42. The molecule has 3 aromatic rings. The maximum absolute atomic E-state index is 14.0. The summed E-state index contributed by atoms with van der Waals surface area (Å²) in [5.41, 5.74) is 0.406. The molecular formula is C26H29ClN6O2. The van der Waals surface area contributed by atoms with Crippen LogP contribution in [0.4, 0.5) is 5.82 Å². The molecule has 1 amide bonds. The van der Waals surface area contributed by atoms with Crippen molar-refractivity contribution in [2.24, 2.45) is 17.8 Å². The minimum atomic E-state index is -1.09. The van der Waals surface area contributed by atoms with E-state index in [2.05, 4.69) is 25.1 Å². The predicted octanol–water partition coefficient (Wildman–Crippen LogP) is 3.14. The number of halogens is 1. The van der Waals surface area contributed by atoms with Crippen molar-refractivity contribution in [2.75, 3.05) is 31.1 Å². The lowest BCUT2D eigenvalue weighted by atomic mass is 9.72. The van der Waals surface area contributed by atoms with Crippen LogP contribution in [0.2, 0.25) is 5.02 Å². The Morgan fingerprint density at radius 3 is 2.43 bits per heavy atom. The molecule has 5 rings (SSSR count). The van der Waals surface area contributed by atoms with Gasteiger partial charge in [-0.2, -0.15) is 5.10 Å². The van der Waals surface area contributed by atoms with Gasteiger partial charge in [0.2, 0.25) is 5.91 Å². The number of anilines is 1. The molecule has 0 spiro atoms. The molecule has 2 fully saturated rings. The fourth-order valence-corrected chi connectivity index (χ4v) is 5.74. The second-order valence-electron chi connectivity index (χ2n) is 9.69. The zero-order chi connectivity index (χ0) is 24.6. The van der Waals surface area contributed by atoms with E-state index >= 15 is 0 Å². The van der Waals surface area contributed by atoms with Crippen molar-refractivity contribution in [2.45, 2.75) is 25.4 Å². The number of rotatable bonds is 4. The van der Waals surface area contributed by atoms with Crippen molar-refractivity contribution < 1.29 is 9.90 Å². The fourth-order valence-electron chi connectivity index (χ4n) is 5.63. The number of carbonyl (C=O) groups is 1. The topological polar surface area (TPSA) is 95.3 Å². The zero-order valence-electron chi connectivity index (χ0n) is 19.8. The second-order valence-corrected chi connectivity index (χ2v) is 10.1. The summed E-state index contributed by atoms with van der Waals surface area (Å²) in [7, 11) is 0. The van der Waals surface area contributed by atoms with Crippen LogP contribution in [0.25, 0.3) is 0 Å². The number of amides is 1. The molecule has 0 aromatic carbocycles. The van der Waals surface area contributed by atoms with Crippen molar-refractivity contribution >= 4 is 23.3 Å². The van der Waals surface area contributed by atoms with E-state index in [0.717, 1.165) is 11.5 Å². The summed E-state index contributed by atoms with van der Waals surface area (Å²) in [6.45, 7) is 6.03. The van der Waals surface area contributed by atoms with Gasteiger partial charge in [0.1, 0.15) is 5.60 Å². The van der Waals surface area contributed by atoms with E-state index in [1.54, 1.807) is 18.6 Å². The second kappa shape index (κ2) is 9.51. The van der Waals surface area contributed by atoms with Gasteiger partial charge in [0.25, 0.3) is 0 Å². The maximum atomic E-state index is 14.0. The maximum Gasteiger partial charge on any atom is 0.228 e. The molecule has 2 aliphatic heterocycles. The van der Waals surface area contributed by atoms with Gasteiger partial charge in [-0.15, -0.1) is 5.10 Å². The number of likely N-dealkylation sites (tertiary alicyclic amines) is 1. The molecule has 0 bridgehead atoms. The summed E-state index contributed by atoms with van der Waals surface area (Å²) in [6.07, 6.45) is 4.97. The van der Waals surface area contributed by atoms with Gasteiger partial charge >= 0.3 is 0 Å². The third-order valence-electron chi connectivity index (χ3n) is 7.53. The highest BCUT2D eigenvalue weighted by atomic mass is 35.5. The molecule has 182 valence electrons. The Bertz CT molecular complexity index is 1150. The Morgan fingerprint density at radius 1 is 1.00 bits per heavy atom. The lowest BCUT2D eigenvalue weighted by Crippen LogP contribution is -2.57. The number of aliphatic hydroxyl groups is 1. The minimum Gasteiger partial charge on any atom is -0.383 e. The normalized spacial score (nSPS) is 28.8. The van der Waals surface area contributed by atoms with Gasteiger partial charge in [0.15, 0.2) is 5.82 Å². The minimum absolute atomic E-state index is 0.0694. The molecule has 2 saturated heterocycles. The first-order valence-electron chi connectivity index (χ1n) is 11.9. The van der Waals surface area contributed by atoms with Gasteiger partial charge in [-0.1, -0.05) is 31.5 Å². The van der Waals surface area contributed by atoms with Gasteiger partial charge in [-0.3, -0.25) is 14.8 Å². The number of hydrogen-bond donors (Lipinski definition) is 1. The SMILES string of the molecule is C[C@@H]1CN(C(=O)[C@@H]2CN(c3cccnn3)C[C@H]2c2ccc(Cl)cn2)C[C@H](C)C1(O)c1ccccn1. The van der Waals surface area contributed by atoms with Crippen molar-refractivity contribution in [1.82, 2.24) is 25.1 Å². The Hall–Kier alpha value is -3.10. The van der Waals surface area contributed by atoms with E-state index in [1.165, 1.54) is 0 Å². The third-order valence-corrected chi connectivity index (χ3v) is 7.75. The number of nitrogens with zero attached hydrogens (tertiary/aromatic N) is 6. The summed E-state index contributed by atoms with van der Waals surface area (Å²) in [4.78, 5) is 27.0. The van der Waals surface area contributed by atoms with Crippen LogP contribution in [-0.4, -0.2) is 62.3 Å². The Morgan fingerprint density at radius 2 is 1.80 bits per heavy atom. The summed E-state index contributed by atoms with van der Waals surface area (Å²) in [5, 5.41) is 20.5. The van der Waals surface area contributed by atoms with Crippen LogP contribution in [0.5, 0.6) is 0 Å². The van der Waals surface area contributed by atoms with Crippen molar-refractivity contribution in [3.63, 3.8) is 0 Å². The van der Waals surface area contributed by atoms with E-state index in [0.29, 0.717) is 36.9 Å². The molecule has 2 aliphatic rings. The molecule has 5 atom stereocenters. The van der Waals surface area contributed by atoms with Crippen LogP contribution in [0.3, 0.4) is 0 Å². The van der Waals surface area contributed by atoms with E-state index in [-0.39, 0.29) is 29.6 Å². The first kappa shape index (κ1) is 23.6. The average molecular weight is 493 g/mol. The highest BCUT2D eigenvalue weighted by Gasteiger charge is 2.50. The van der Waals surface area contributed by atoms with E-state index < -0.39 is 5.60 Å². The Labute approximate surface area is 210 Å². The number of piperidine rings is 1. The summed E-state index contributed by atoms with van der Waals surface area (Å²) in [6, 6.07) is 13.1. The molecule has 0 radical (unpaired) electrons. The fraction of sp³-hybridized carbons (Fsp3) is 0.423. The highest BCUT2D eigenvalue weighted by molar-refractivity contribution is 6.30. The summed E-state index contributed by atoms with van der Waals surface area (Å²) >= 11 is 6.08. The average Bonchev–Trinajstić information content (AvgIpc) is 3.33. The zero-order valence-corrected chi connectivity index (χ0v) is 20.6. The van der Waals surface area contributed by atoms with E-state index in [4.69, 9.17) is 11.6 Å². The number of hydrogen-bond acceptors (Lipinski definition) is 7. The highest BCUT2D eigenvalue weighted by Crippen LogP contribution is 2.42. The Balaban J connectivity index is 1.41. The number of aromatic nitrogens is 4. The first-order valence-corrected chi connectivity index (χ1v) is 12.3. The largest absolute Gasteiger partial charge is 0.383 e. The van der Waals surface area contributed by atoms with Crippen molar-refractivity contribution in [3.8, 4) is 0 Å². The molecule has 0 saturated carbocycles. The van der Waals surface area contributed by atoms with Crippen LogP contribution in [0, 0.1) is 17.8 Å². The van der Waals surface area contributed by atoms with Gasteiger partial charge in [-0.25, -0.2) is 0 Å². The summed E-state index contributed by atoms with van der Waals surface area (Å²) in [5.74, 6) is 0.0612. The van der Waals surface area contributed by atoms with Crippen LogP contribution in [0.15, 0.2) is 61.1 Å². The van der Waals surface area contributed by atoms with Crippen molar-refractivity contribution in [1.29, 1.82) is 0 Å². The number of carbonyl (C=O) groups excluding carboxylic acids is 1. The van der Waals surface area contributed by atoms with Gasteiger partial charge in [0.05, 0.1) is 16.6 Å². The van der Waals surface area contributed by atoms with Crippen LogP contribution in [0.1, 0.15) is 31.2 Å². The molecule has 0 aliphatic carbocycles. The summed E-state index contributed by atoms with van der Waals surface area (Å²) < 4.78 is 0. The monoisotopic (exact) mass is 492 g/mol. The molecule has 35 heavy (non-hydrogen) atoms. The quantitative estimate of drug-likeness (QED) is 0.597. The van der Waals surface area contributed by atoms with Gasteiger partial charge < -0.3 is 14.9 Å². The lowest BCUT2D eigenvalue weighted by Gasteiger charge is -2.48. The molecule has 3 aromatic heterocycles. The molecular weight excluding hydrogens is 464 g/mol. The molecule has 5 heterocycles. The van der Waals surface area contributed by atoms with Gasteiger partial charge in [0, 0.05) is 68.2 Å². The van der Waals surface area contributed by atoms with Crippen LogP contribution >= 0.6 is 11.6 Å². The molecule has 8 nitrogen and oxygen atoms in total. The van der Waals surface area contributed by atoms with E-state index in [9.17, 15) is 9.90 Å². The van der Waals surface area contributed by atoms with E-state index in [1.807, 2.05) is 61.2 Å². The lowest BCUT2D eigenvalue weighted by molar-refractivity contribution is -0.153. The smallest absolute Gasteiger partial charge is 0.228 e. The molecule has 9 heteroatoms. The van der Waals surface area contributed by atoms with Crippen LogP contribution < -0.4 is 4.90 Å². The molecule has 1 unspecified atom stereocenters. The van der Waals surface area contributed by atoms with Crippen LogP contribution in [-0.2, 0) is 10.4 Å². The number of pyridine rings is 2. The first-order chi connectivity index (χ1) is 16.9. The van der Waals surface area contributed by atoms with Gasteiger partial charge in [-0.05, 0) is 36.4 Å². The van der Waals surface area contributed by atoms with Crippen molar-refractivity contribution in [3.05, 3.63) is 77.5 Å². The third kappa shape index (κ3) is 4.36. The predicted molar refractivity (Wildman–Crippen MR) is 133 cm³/mol.